The van der Waals surface area contributed by atoms with E-state index in [1.54, 1.807) is 0 Å². The number of aliphatic carboxylic acids is 1. The first-order chi connectivity index (χ1) is 9.48. The molecule has 5 nitrogen and oxygen atoms in total. The molecule has 4 rings (SSSR count). The summed E-state index contributed by atoms with van der Waals surface area (Å²) in [7, 11) is 0. The van der Waals surface area contributed by atoms with E-state index >= 15 is 0 Å². The van der Waals surface area contributed by atoms with Gasteiger partial charge < -0.3 is 15.5 Å². The van der Waals surface area contributed by atoms with Gasteiger partial charge in [0.15, 0.2) is 6.10 Å². The van der Waals surface area contributed by atoms with Crippen molar-refractivity contribution in [3.05, 3.63) is 0 Å². The number of rotatable bonds is 5. The molecule has 3 N–H and O–H groups in total. The summed E-state index contributed by atoms with van der Waals surface area (Å²) in [5.74, 6) is 1.02. The van der Waals surface area contributed by atoms with Crippen molar-refractivity contribution in [1.29, 1.82) is 0 Å². The summed E-state index contributed by atoms with van der Waals surface area (Å²) < 4.78 is 0. The molecule has 4 aliphatic rings. The van der Waals surface area contributed by atoms with Crippen LogP contribution in [0.3, 0.4) is 0 Å². The minimum Gasteiger partial charge on any atom is -0.479 e. The zero-order valence-electron chi connectivity index (χ0n) is 11.7. The monoisotopic (exact) mass is 281 g/mol. The number of aliphatic hydroxyl groups is 1. The number of carbonyl (C=O) groups is 2. The molecule has 4 saturated carbocycles. The molecule has 112 valence electrons. The molecule has 1 atom stereocenters. The third-order valence-corrected chi connectivity index (χ3v) is 5.51. The molecule has 1 amide bonds. The molecule has 5 heteroatoms. The van der Waals surface area contributed by atoms with Crippen LogP contribution in [0.2, 0.25) is 0 Å². The van der Waals surface area contributed by atoms with Gasteiger partial charge in [-0.15, -0.1) is 0 Å². The quantitative estimate of drug-likeness (QED) is 0.705. The normalized spacial score (nSPS) is 39.5. The van der Waals surface area contributed by atoms with Gasteiger partial charge in [-0.2, -0.15) is 0 Å². The lowest BCUT2D eigenvalue weighted by Crippen LogP contribution is -2.53. The Balaban J connectivity index is 1.56. The van der Waals surface area contributed by atoms with E-state index in [0.717, 1.165) is 37.0 Å². The van der Waals surface area contributed by atoms with Gasteiger partial charge in [0.2, 0.25) is 5.91 Å². The number of amides is 1. The largest absolute Gasteiger partial charge is 0.479 e. The Bertz CT molecular complexity index is 385. The fraction of sp³-hybridized carbons (Fsp3) is 0.867. The van der Waals surface area contributed by atoms with Crippen molar-refractivity contribution in [2.24, 2.45) is 23.2 Å². The molecule has 0 spiro atoms. The number of hydrogen-bond donors (Lipinski definition) is 3. The van der Waals surface area contributed by atoms with E-state index in [1.165, 1.54) is 19.3 Å². The van der Waals surface area contributed by atoms with E-state index < -0.39 is 12.1 Å². The van der Waals surface area contributed by atoms with Gasteiger partial charge >= 0.3 is 5.97 Å². The second-order valence-corrected chi connectivity index (χ2v) is 7.10. The molecular weight excluding hydrogens is 258 g/mol. The van der Waals surface area contributed by atoms with Crippen molar-refractivity contribution in [3.63, 3.8) is 0 Å². The van der Waals surface area contributed by atoms with E-state index in [4.69, 9.17) is 5.11 Å². The molecule has 1 unspecified atom stereocenters. The highest BCUT2D eigenvalue weighted by Gasteiger charge is 2.54. The Morgan fingerprint density at radius 3 is 2.05 bits per heavy atom. The number of hydrogen-bond acceptors (Lipinski definition) is 3. The van der Waals surface area contributed by atoms with Crippen molar-refractivity contribution in [1.82, 2.24) is 5.32 Å². The fourth-order valence-electron chi connectivity index (χ4n) is 5.02. The first-order valence-electron chi connectivity index (χ1n) is 7.68. The molecule has 4 bridgehead atoms. The lowest BCUT2D eigenvalue weighted by Gasteiger charge is -2.55. The standard InChI is InChI=1S/C15H23NO4/c17-12(13(18)19)1-2-16-14(20)15-6-9-3-10(7-15)5-11(4-9)8-15/h9-12,17H,1-8H2,(H,16,20)(H,18,19). The van der Waals surface area contributed by atoms with Crippen LogP contribution in [-0.4, -0.2) is 34.7 Å². The maximum Gasteiger partial charge on any atom is 0.332 e. The van der Waals surface area contributed by atoms with Gasteiger partial charge in [-0.3, -0.25) is 4.79 Å². The molecule has 0 radical (unpaired) electrons. The Hall–Kier alpha value is -1.10. The van der Waals surface area contributed by atoms with E-state index in [-0.39, 0.29) is 24.3 Å². The van der Waals surface area contributed by atoms with Gasteiger partial charge in [0.05, 0.1) is 0 Å². The van der Waals surface area contributed by atoms with E-state index in [0.29, 0.717) is 0 Å². The fourth-order valence-corrected chi connectivity index (χ4v) is 5.02. The average Bonchev–Trinajstić information content (AvgIpc) is 2.36. The summed E-state index contributed by atoms with van der Waals surface area (Å²) in [6, 6.07) is 0. The zero-order valence-corrected chi connectivity index (χ0v) is 11.7. The summed E-state index contributed by atoms with van der Waals surface area (Å²) >= 11 is 0. The van der Waals surface area contributed by atoms with Crippen molar-refractivity contribution >= 4 is 11.9 Å². The van der Waals surface area contributed by atoms with Gasteiger partial charge in [0, 0.05) is 18.4 Å². The first-order valence-corrected chi connectivity index (χ1v) is 7.68. The first kappa shape index (κ1) is 13.9. The Labute approximate surface area is 118 Å². The van der Waals surface area contributed by atoms with Crippen LogP contribution in [0.1, 0.15) is 44.9 Å². The van der Waals surface area contributed by atoms with Crippen LogP contribution in [0.5, 0.6) is 0 Å². The molecule has 0 saturated heterocycles. The predicted octanol–water partition coefficient (Wildman–Crippen LogP) is 1.15. The third-order valence-electron chi connectivity index (χ3n) is 5.51. The predicted molar refractivity (Wildman–Crippen MR) is 71.9 cm³/mol. The molecule has 4 fully saturated rings. The smallest absolute Gasteiger partial charge is 0.332 e. The second-order valence-electron chi connectivity index (χ2n) is 7.10. The topological polar surface area (TPSA) is 86.6 Å². The molecule has 0 heterocycles. The van der Waals surface area contributed by atoms with Crippen molar-refractivity contribution < 1.29 is 19.8 Å². The minimum absolute atomic E-state index is 0.0768. The molecular formula is C15H23NO4. The molecule has 0 aromatic rings. The number of carboxylic acids is 1. The maximum absolute atomic E-state index is 12.5. The van der Waals surface area contributed by atoms with Gasteiger partial charge in [-0.05, 0) is 56.3 Å². The van der Waals surface area contributed by atoms with Crippen molar-refractivity contribution in [2.75, 3.05) is 6.54 Å². The van der Waals surface area contributed by atoms with Gasteiger partial charge in [0.1, 0.15) is 0 Å². The highest BCUT2D eigenvalue weighted by atomic mass is 16.4. The van der Waals surface area contributed by atoms with Crippen molar-refractivity contribution in [2.45, 2.75) is 51.0 Å². The van der Waals surface area contributed by atoms with Gasteiger partial charge in [0.25, 0.3) is 0 Å². The van der Waals surface area contributed by atoms with Gasteiger partial charge in [-0.25, -0.2) is 4.79 Å². The molecule has 20 heavy (non-hydrogen) atoms. The van der Waals surface area contributed by atoms with E-state index in [2.05, 4.69) is 5.32 Å². The van der Waals surface area contributed by atoms with Gasteiger partial charge in [-0.1, -0.05) is 0 Å². The molecule has 0 aromatic heterocycles. The number of carboxylic acid groups (broad SMARTS) is 1. The summed E-state index contributed by atoms with van der Waals surface area (Å²) in [4.78, 5) is 23.0. The van der Waals surface area contributed by atoms with Crippen LogP contribution >= 0.6 is 0 Å². The van der Waals surface area contributed by atoms with Crippen LogP contribution in [0.4, 0.5) is 0 Å². The Morgan fingerprint density at radius 1 is 1.10 bits per heavy atom. The Kier molecular flexibility index (Phi) is 3.48. The second kappa shape index (κ2) is 5.02. The van der Waals surface area contributed by atoms with Crippen LogP contribution in [0.25, 0.3) is 0 Å². The van der Waals surface area contributed by atoms with E-state index in [1.807, 2.05) is 0 Å². The number of aliphatic hydroxyl groups excluding tert-OH is 1. The summed E-state index contributed by atoms with van der Waals surface area (Å²) in [5.41, 5.74) is -0.192. The highest BCUT2D eigenvalue weighted by Crippen LogP contribution is 2.60. The summed E-state index contributed by atoms with van der Waals surface area (Å²) in [5, 5.41) is 20.7. The van der Waals surface area contributed by atoms with Crippen LogP contribution in [0.15, 0.2) is 0 Å². The maximum atomic E-state index is 12.5. The van der Waals surface area contributed by atoms with Crippen LogP contribution < -0.4 is 5.32 Å². The summed E-state index contributed by atoms with van der Waals surface area (Å²) in [6.45, 7) is 0.244. The zero-order chi connectivity index (χ0) is 14.3. The lowest BCUT2D eigenvalue weighted by molar-refractivity contribution is -0.149. The summed E-state index contributed by atoms with van der Waals surface area (Å²) in [6.07, 6.45) is 5.60. The molecule has 0 aliphatic heterocycles. The third kappa shape index (κ3) is 2.43. The van der Waals surface area contributed by atoms with Crippen molar-refractivity contribution in [3.8, 4) is 0 Å². The van der Waals surface area contributed by atoms with E-state index in [9.17, 15) is 14.7 Å². The lowest BCUT2D eigenvalue weighted by atomic mass is 9.49. The van der Waals surface area contributed by atoms with Crippen LogP contribution in [0, 0.1) is 23.2 Å². The van der Waals surface area contributed by atoms with Crippen LogP contribution in [-0.2, 0) is 9.59 Å². The molecule has 4 aliphatic carbocycles. The highest BCUT2D eigenvalue weighted by molar-refractivity contribution is 5.83. The number of carbonyl (C=O) groups excluding carboxylic acids is 1. The SMILES string of the molecule is O=C(O)C(O)CCNC(=O)C12CC3CC(CC(C3)C1)C2. The number of nitrogens with one attached hydrogen (secondary N) is 1. The Morgan fingerprint density at radius 2 is 1.60 bits per heavy atom. The minimum atomic E-state index is -1.38. The molecule has 0 aromatic carbocycles. The average molecular weight is 281 g/mol.